The molecular formula is C12H12BrClO3. The highest BCUT2D eigenvalue weighted by atomic mass is 79.9. The Labute approximate surface area is 113 Å². The van der Waals surface area contributed by atoms with Gasteiger partial charge in [0.05, 0.1) is 18.9 Å². The van der Waals surface area contributed by atoms with Crippen molar-refractivity contribution in [1.29, 1.82) is 0 Å². The summed E-state index contributed by atoms with van der Waals surface area (Å²) in [4.78, 5) is 11.0. The normalized spacial score (nSPS) is 10.5. The highest BCUT2D eigenvalue weighted by Gasteiger charge is 2.02. The average molecular weight is 320 g/mol. The van der Waals surface area contributed by atoms with Crippen LogP contribution in [0.1, 0.15) is 12.5 Å². The second-order valence-electron chi connectivity index (χ2n) is 3.06. The van der Waals surface area contributed by atoms with Gasteiger partial charge in [-0.05, 0) is 25.1 Å². The maximum Gasteiger partial charge on any atom is 0.333 e. The van der Waals surface area contributed by atoms with Gasteiger partial charge in [0.1, 0.15) is 5.75 Å². The van der Waals surface area contributed by atoms with Crippen molar-refractivity contribution < 1.29 is 14.3 Å². The van der Waals surface area contributed by atoms with Crippen LogP contribution in [0.15, 0.2) is 30.5 Å². The maximum absolute atomic E-state index is 11.0. The van der Waals surface area contributed by atoms with Crippen molar-refractivity contribution in [1.82, 2.24) is 0 Å². The predicted molar refractivity (Wildman–Crippen MR) is 70.5 cm³/mol. The highest BCUT2D eigenvalue weighted by Crippen LogP contribution is 2.25. The molecule has 0 unspecified atom stereocenters. The third-order valence-electron chi connectivity index (χ3n) is 1.85. The minimum absolute atomic E-state index is 0.344. The van der Waals surface area contributed by atoms with E-state index in [1.165, 1.54) is 12.3 Å². The first-order valence-corrected chi connectivity index (χ1v) is 6.51. The topological polar surface area (TPSA) is 35.5 Å². The molecule has 5 heteroatoms. The summed E-state index contributed by atoms with van der Waals surface area (Å²) < 4.78 is 10.0. The molecule has 0 aliphatic heterocycles. The largest absolute Gasteiger partial charge is 0.464 e. The van der Waals surface area contributed by atoms with Crippen LogP contribution in [-0.4, -0.2) is 12.6 Å². The van der Waals surface area contributed by atoms with Crippen molar-refractivity contribution in [2.75, 3.05) is 6.61 Å². The molecular weight excluding hydrogens is 307 g/mol. The van der Waals surface area contributed by atoms with Gasteiger partial charge in [0.25, 0.3) is 0 Å². The molecule has 0 spiro atoms. The van der Waals surface area contributed by atoms with E-state index < -0.39 is 5.97 Å². The summed E-state index contributed by atoms with van der Waals surface area (Å²) in [6.07, 6.45) is 2.53. The maximum atomic E-state index is 11.0. The SMILES string of the molecule is CCOC(=O)/C=C/Oc1ccc(Cl)cc1CBr. The number of carbonyl (C=O) groups excluding carboxylic acids is 1. The van der Waals surface area contributed by atoms with Crippen LogP contribution >= 0.6 is 27.5 Å². The predicted octanol–water partition coefficient (Wildman–Crippen LogP) is 3.69. The molecule has 0 aliphatic rings. The number of alkyl halides is 1. The third-order valence-corrected chi connectivity index (χ3v) is 2.69. The summed E-state index contributed by atoms with van der Waals surface area (Å²) in [7, 11) is 0. The summed E-state index contributed by atoms with van der Waals surface area (Å²) in [5.74, 6) is 0.216. The van der Waals surface area contributed by atoms with Gasteiger partial charge < -0.3 is 9.47 Å². The molecule has 0 amide bonds. The highest BCUT2D eigenvalue weighted by molar-refractivity contribution is 9.08. The van der Waals surface area contributed by atoms with Crippen LogP contribution < -0.4 is 4.74 Å². The van der Waals surface area contributed by atoms with Crippen LogP contribution in [0, 0.1) is 0 Å². The summed E-state index contributed by atoms with van der Waals surface area (Å²) in [5, 5.41) is 1.26. The van der Waals surface area contributed by atoms with Gasteiger partial charge in [0, 0.05) is 15.9 Å². The Kier molecular flexibility index (Phi) is 6.08. The number of hydrogen-bond donors (Lipinski definition) is 0. The van der Waals surface area contributed by atoms with Crippen molar-refractivity contribution >= 4 is 33.5 Å². The van der Waals surface area contributed by atoms with E-state index >= 15 is 0 Å². The minimum atomic E-state index is -0.429. The molecule has 0 aliphatic carbocycles. The van der Waals surface area contributed by atoms with Gasteiger partial charge in [-0.25, -0.2) is 4.79 Å². The summed E-state index contributed by atoms with van der Waals surface area (Å²) in [5.41, 5.74) is 0.908. The smallest absolute Gasteiger partial charge is 0.333 e. The summed E-state index contributed by atoms with van der Waals surface area (Å²) in [6, 6.07) is 5.26. The lowest BCUT2D eigenvalue weighted by Gasteiger charge is -2.06. The zero-order chi connectivity index (χ0) is 12.7. The molecule has 0 saturated heterocycles. The van der Waals surface area contributed by atoms with Crippen molar-refractivity contribution in [2.24, 2.45) is 0 Å². The van der Waals surface area contributed by atoms with Gasteiger partial charge >= 0.3 is 5.97 Å². The van der Waals surface area contributed by atoms with Crippen LogP contribution in [0.25, 0.3) is 0 Å². The van der Waals surface area contributed by atoms with E-state index in [0.29, 0.717) is 22.7 Å². The Balaban J connectivity index is 2.65. The molecule has 3 nitrogen and oxygen atoms in total. The lowest BCUT2D eigenvalue weighted by Crippen LogP contribution is -2.00. The Bertz CT molecular complexity index is 418. The Morgan fingerprint density at radius 3 is 2.94 bits per heavy atom. The monoisotopic (exact) mass is 318 g/mol. The molecule has 17 heavy (non-hydrogen) atoms. The number of carbonyl (C=O) groups is 1. The molecule has 0 aromatic heterocycles. The molecule has 1 aromatic rings. The first kappa shape index (κ1) is 14.1. The molecule has 1 aromatic carbocycles. The molecule has 0 heterocycles. The van der Waals surface area contributed by atoms with Gasteiger partial charge in [0.2, 0.25) is 0 Å². The number of ether oxygens (including phenoxy) is 2. The summed E-state index contributed by atoms with van der Waals surface area (Å²) >= 11 is 9.19. The Hall–Kier alpha value is -1.000. The zero-order valence-electron chi connectivity index (χ0n) is 9.28. The number of benzene rings is 1. The van der Waals surface area contributed by atoms with Crippen molar-refractivity contribution in [3.05, 3.63) is 41.1 Å². The molecule has 0 saturated carbocycles. The van der Waals surface area contributed by atoms with E-state index in [0.717, 1.165) is 5.56 Å². The fourth-order valence-corrected chi connectivity index (χ4v) is 1.75. The molecule has 0 N–H and O–H groups in total. The van der Waals surface area contributed by atoms with E-state index in [4.69, 9.17) is 21.1 Å². The van der Waals surface area contributed by atoms with Gasteiger partial charge in [0.15, 0.2) is 0 Å². The fourth-order valence-electron chi connectivity index (χ4n) is 1.12. The van der Waals surface area contributed by atoms with Gasteiger partial charge in [-0.15, -0.1) is 0 Å². The molecule has 0 fully saturated rings. The van der Waals surface area contributed by atoms with Crippen molar-refractivity contribution in [3.8, 4) is 5.75 Å². The molecule has 0 radical (unpaired) electrons. The van der Waals surface area contributed by atoms with Crippen molar-refractivity contribution in [3.63, 3.8) is 0 Å². The van der Waals surface area contributed by atoms with Crippen LogP contribution in [0.4, 0.5) is 0 Å². The standard InChI is InChI=1S/C12H12BrClO3/c1-2-16-12(15)5-6-17-11-4-3-10(14)7-9(11)8-13/h3-7H,2,8H2,1H3/b6-5+. The lowest BCUT2D eigenvalue weighted by atomic mass is 10.2. The first-order chi connectivity index (χ1) is 8.17. The molecule has 1 rings (SSSR count). The fraction of sp³-hybridized carbons (Fsp3) is 0.250. The second-order valence-corrected chi connectivity index (χ2v) is 4.06. The molecule has 0 atom stereocenters. The van der Waals surface area contributed by atoms with Gasteiger partial charge in [-0.2, -0.15) is 0 Å². The minimum Gasteiger partial charge on any atom is -0.464 e. The zero-order valence-corrected chi connectivity index (χ0v) is 11.6. The Morgan fingerprint density at radius 2 is 2.29 bits per heavy atom. The van der Waals surface area contributed by atoms with Gasteiger partial charge in [-0.3, -0.25) is 0 Å². The average Bonchev–Trinajstić information content (AvgIpc) is 2.31. The first-order valence-electron chi connectivity index (χ1n) is 5.01. The van der Waals surface area contributed by atoms with E-state index in [9.17, 15) is 4.79 Å². The van der Waals surface area contributed by atoms with E-state index in [1.807, 2.05) is 0 Å². The van der Waals surface area contributed by atoms with Crippen LogP contribution in [-0.2, 0) is 14.9 Å². The quantitative estimate of drug-likeness (QED) is 0.359. The molecule has 92 valence electrons. The summed E-state index contributed by atoms with van der Waals surface area (Å²) in [6.45, 7) is 2.09. The molecule has 0 bridgehead atoms. The van der Waals surface area contributed by atoms with E-state index in [2.05, 4.69) is 15.9 Å². The van der Waals surface area contributed by atoms with Crippen LogP contribution in [0.2, 0.25) is 5.02 Å². The van der Waals surface area contributed by atoms with Crippen LogP contribution in [0.3, 0.4) is 0 Å². The number of rotatable bonds is 5. The van der Waals surface area contributed by atoms with Crippen molar-refractivity contribution in [2.45, 2.75) is 12.3 Å². The van der Waals surface area contributed by atoms with Crippen LogP contribution in [0.5, 0.6) is 5.75 Å². The number of halogens is 2. The van der Waals surface area contributed by atoms with E-state index in [1.54, 1.807) is 25.1 Å². The number of esters is 1. The Morgan fingerprint density at radius 1 is 1.53 bits per heavy atom. The number of hydrogen-bond acceptors (Lipinski definition) is 3. The lowest BCUT2D eigenvalue weighted by molar-refractivity contribution is -0.137. The van der Waals surface area contributed by atoms with Gasteiger partial charge in [-0.1, -0.05) is 27.5 Å². The van der Waals surface area contributed by atoms with E-state index in [-0.39, 0.29) is 0 Å². The third kappa shape index (κ3) is 4.79. The second kappa shape index (κ2) is 7.35.